The maximum Gasteiger partial charge on any atom is 0.307 e. The second-order valence-corrected chi connectivity index (χ2v) is 14.0. The number of carbonyl (C=O) groups is 1. The molecule has 3 heterocycles. The number of hydrogen-bond donors (Lipinski definition) is 2. The first kappa shape index (κ1) is 32.6. The van der Waals surface area contributed by atoms with Crippen molar-refractivity contribution in [2.45, 2.75) is 70.7 Å². The first-order valence-corrected chi connectivity index (χ1v) is 17.5. The highest BCUT2D eigenvalue weighted by Gasteiger charge is 2.36. The van der Waals surface area contributed by atoms with E-state index in [9.17, 15) is 20.3 Å². The number of hydrogen-bond acceptors (Lipinski definition) is 8. The molecule has 2 N–H and O–H groups in total. The van der Waals surface area contributed by atoms with Crippen LogP contribution in [0.4, 0.5) is 5.69 Å². The summed E-state index contributed by atoms with van der Waals surface area (Å²) in [6.07, 6.45) is 4.41. The third kappa shape index (κ3) is 6.19. The minimum atomic E-state index is -0.761. The van der Waals surface area contributed by atoms with Crippen molar-refractivity contribution >= 4 is 34.4 Å². The average molecular weight is 668 g/mol. The Morgan fingerprint density at radius 1 is 1.06 bits per heavy atom. The summed E-state index contributed by atoms with van der Waals surface area (Å²) in [5.74, 6) is -0.675. The van der Waals surface area contributed by atoms with Crippen LogP contribution in [0.15, 0.2) is 52.9 Å². The van der Waals surface area contributed by atoms with Crippen LogP contribution in [-0.2, 0) is 11.3 Å². The van der Waals surface area contributed by atoms with Gasteiger partial charge in [0.15, 0.2) is 5.58 Å². The largest absolute Gasteiger partial charge is 0.481 e. The number of oxazole rings is 1. The number of aliphatic hydroxyl groups excluding tert-OH is 1. The van der Waals surface area contributed by atoms with Gasteiger partial charge in [-0.15, -0.1) is 0 Å². The number of aromatic nitrogens is 1. The molecule has 2 saturated heterocycles. The molecule has 3 aromatic carbocycles. The number of rotatable bonds is 9. The Morgan fingerprint density at radius 3 is 2.48 bits per heavy atom. The number of likely N-dealkylation sites (tertiary alicyclic amines) is 1. The number of nitriles is 1. The van der Waals surface area contributed by atoms with Crippen molar-refractivity contribution in [3.63, 3.8) is 0 Å². The molecule has 2 aliphatic heterocycles. The molecular formula is C38H42ClN5O4. The minimum absolute atomic E-state index is 0.139. The first-order chi connectivity index (χ1) is 23.2. The third-order valence-corrected chi connectivity index (χ3v) is 11.1. The number of piperidine rings is 1. The molecule has 1 aliphatic carbocycles. The summed E-state index contributed by atoms with van der Waals surface area (Å²) >= 11 is 7.20. The summed E-state index contributed by atoms with van der Waals surface area (Å²) in [4.78, 5) is 23.4. The number of benzene rings is 3. The van der Waals surface area contributed by atoms with Crippen LogP contribution in [0.5, 0.6) is 0 Å². The van der Waals surface area contributed by atoms with E-state index in [1.165, 1.54) is 0 Å². The number of halogens is 1. The van der Waals surface area contributed by atoms with Gasteiger partial charge in [-0.1, -0.05) is 42.8 Å². The van der Waals surface area contributed by atoms with Crippen molar-refractivity contribution in [2.24, 2.45) is 5.92 Å². The van der Waals surface area contributed by atoms with E-state index in [0.29, 0.717) is 60.7 Å². The molecule has 0 radical (unpaired) electrons. The van der Waals surface area contributed by atoms with Crippen LogP contribution in [0.25, 0.3) is 33.7 Å². The first-order valence-electron chi connectivity index (χ1n) is 17.1. The van der Waals surface area contributed by atoms with E-state index in [1.54, 1.807) is 0 Å². The van der Waals surface area contributed by atoms with Crippen LogP contribution < -0.4 is 4.90 Å². The molecule has 7 rings (SSSR count). The zero-order valence-corrected chi connectivity index (χ0v) is 28.3. The topological polar surface area (TPSA) is 117 Å². The molecule has 10 heteroatoms. The number of carboxylic acid groups (broad SMARTS) is 1. The van der Waals surface area contributed by atoms with Gasteiger partial charge in [0.25, 0.3) is 0 Å². The number of aliphatic hydroxyl groups is 1. The van der Waals surface area contributed by atoms with E-state index >= 15 is 0 Å². The molecule has 3 fully saturated rings. The Hall–Kier alpha value is -3.94. The highest BCUT2D eigenvalue weighted by Crippen LogP contribution is 2.41. The summed E-state index contributed by atoms with van der Waals surface area (Å²) in [5.41, 5.74) is 7.19. The van der Waals surface area contributed by atoms with Gasteiger partial charge < -0.3 is 19.5 Å². The van der Waals surface area contributed by atoms with Crippen molar-refractivity contribution in [3.05, 3.63) is 70.2 Å². The Labute approximate surface area is 286 Å². The van der Waals surface area contributed by atoms with Crippen molar-refractivity contribution in [1.82, 2.24) is 14.8 Å². The molecule has 1 atom stereocenters. The van der Waals surface area contributed by atoms with E-state index in [4.69, 9.17) is 21.0 Å². The van der Waals surface area contributed by atoms with E-state index in [1.807, 2.05) is 31.2 Å². The number of fused-ring (bicyclic) bond motifs is 1. The van der Waals surface area contributed by atoms with E-state index in [0.717, 1.165) is 83.8 Å². The van der Waals surface area contributed by atoms with Gasteiger partial charge in [0.2, 0.25) is 5.89 Å². The summed E-state index contributed by atoms with van der Waals surface area (Å²) < 4.78 is 6.26. The predicted octanol–water partition coefficient (Wildman–Crippen LogP) is 6.72. The Balaban J connectivity index is 1.12. The number of anilines is 1. The Kier molecular flexibility index (Phi) is 9.18. The highest BCUT2D eigenvalue weighted by molar-refractivity contribution is 6.36. The zero-order valence-electron chi connectivity index (χ0n) is 27.5. The summed E-state index contributed by atoms with van der Waals surface area (Å²) in [7, 11) is 0. The Morgan fingerprint density at radius 2 is 1.79 bits per heavy atom. The molecule has 48 heavy (non-hydrogen) atoms. The van der Waals surface area contributed by atoms with E-state index < -0.39 is 5.97 Å². The number of aliphatic carboxylic acids is 1. The quantitative estimate of drug-likeness (QED) is 0.201. The monoisotopic (exact) mass is 667 g/mol. The van der Waals surface area contributed by atoms with Gasteiger partial charge in [0, 0.05) is 49.4 Å². The van der Waals surface area contributed by atoms with Crippen molar-refractivity contribution in [3.8, 4) is 28.7 Å². The van der Waals surface area contributed by atoms with Crippen molar-refractivity contribution in [2.75, 3.05) is 37.6 Å². The third-order valence-electron chi connectivity index (χ3n) is 10.7. The van der Waals surface area contributed by atoms with Crippen molar-refractivity contribution in [1.29, 1.82) is 5.26 Å². The molecule has 3 aliphatic rings. The normalized spacial score (nSPS) is 21.9. The summed E-state index contributed by atoms with van der Waals surface area (Å²) in [6, 6.07) is 19.3. The molecule has 9 nitrogen and oxygen atoms in total. The SMILES string of the molecule is CCN(C1CCN(c2cccc(-c3cccc(-c4nc5cc(CN6CC[C@@H](C(=O)O)C6)cc(C#N)c5o4)c3C)c2Cl)CC1)[C@H]1C[C@@H](O)C1. The lowest BCUT2D eigenvalue weighted by molar-refractivity contribution is -0.141. The average Bonchev–Trinajstić information content (AvgIpc) is 3.72. The van der Waals surface area contributed by atoms with Gasteiger partial charge in [0.05, 0.1) is 28.3 Å². The molecular weight excluding hydrogens is 626 g/mol. The van der Waals surface area contributed by atoms with E-state index in [-0.39, 0.29) is 12.0 Å². The molecule has 0 bridgehead atoms. The fourth-order valence-corrected chi connectivity index (χ4v) is 8.38. The second kappa shape index (κ2) is 13.5. The van der Waals surface area contributed by atoms with Crippen LogP contribution in [0.1, 0.15) is 55.7 Å². The van der Waals surface area contributed by atoms with Crippen molar-refractivity contribution < 1.29 is 19.4 Å². The van der Waals surface area contributed by atoms with E-state index in [2.05, 4.69) is 52.0 Å². The fraction of sp³-hybridized carbons (Fsp3) is 0.447. The molecule has 0 unspecified atom stereocenters. The van der Waals surface area contributed by atoms with Crippen LogP contribution >= 0.6 is 11.6 Å². The van der Waals surface area contributed by atoms with Crippen LogP contribution in [0, 0.1) is 24.2 Å². The standard InChI is InChI=1S/C38H42ClN5O4/c1-3-44(28-18-29(45)19-28)27-11-14-43(15-12-27)34-9-5-8-32(35(34)39)30-6-4-7-31(23(30)2)37-41-33-17-24(16-26(20-40)36(33)48-37)21-42-13-10-25(22-42)38(46)47/h4-9,16-17,25,27-29,45H,3,10-15,18-19,21-22H2,1-2H3,(H,46,47)/t25-,28-,29+/m1/s1. The van der Waals surface area contributed by atoms with Gasteiger partial charge in [0.1, 0.15) is 11.6 Å². The molecule has 4 aromatic rings. The smallest absolute Gasteiger partial charge is 0.307 e. The molecule has 0 spiro atoms. The zero-order chi connectivity index (χ0) is 33.5. The molecule has 1 saturated carbocycles. The maximum absolute atomic E-state index is 11.4. The fourth-order valence-electron chi connectivity index (χ4n) is 8.03. The molecule has 0 amide bonds. The van der Waals surface area contributed by atoms with Gasteiger partial charge in [-0.2, -0.15) is 5.26 Å². The molecule has 250 valence electrons. The van der Waals surface area contributed by atoms with Gasteiger partial charge in [-0.3, -0.25) is 14.6 Å². The lowest BCUT2D eigenvalue weighted by atomic mass is 9.86. The maximum atomic E-state index is 11.4. The summed E-state index contributed by atoms with van der Waals surface area (Å²) in [5, 5.41) is 29.9. The van der Waals surface area contributed by atoms with Gasteiger partial charge in [-0.05, 0) is 93.1 Å². The van der Waals surface area contributed by atoms with Crippen LogP contribution in [0.2, 0.25) is 5.02 Å². The predicted molar refractivity (Wildman–Crippen MR) is 187 cm³/mol. The molecule has 1 aromatic heterocycles. The minimum Gasteiger partial charge on any atom is -0.481 e. The summed E-state index contributed by atoms with van der Waals surface area (Å²) in [6.45, 7) is 8.91. The number of carboxylic acids is 1. The second-order valence-electron chi connectivity index (χ2n) is 13.6. The lowest BCUT2D eigenvalue weighted by Gasteiger charge is -2.47. The lowest BCUT2D eigenvalue weighted by Crippen LogP contribution is -2.54. The van der Waals surface area contributed by atoms with Crippen LogP contribution in [0.3, 0.4) is 0 Å². The Bertz CT molecular complexity index is 1870. The highest BCUT2D eigenvalue weighted by atomic mass is 35.5. The van der Waals surface area contributed by atoms with Gasteiger partial charge in [-0.25, -0.2) is 4.98 Å². The van der Waals surface area contributed by atoms with Gasteiger partial charge >= 0.3 is 5.97 Å². The number of nitrogens with zero attached hydrogens (tertiary/aromatic N) is 5. The van der Waals surface area contributed by atoms with Crippen LogP contribution in [-0.4, -0.2) is 81.9 Å².